The van der Waals surface area contributed by atoms with E-state index in [1.54, 1.807) is 6.20 Å². The van der Waals surface area contributed by atoms with E-state index in [1.807, 2.05) is 45.3 Å². The van der Waals surface area contributed by atoms with E-state index >= 15 is 0 Å². The zero-order chi connectivity index (χ0) is 15.8. The largest absolute Gasteiger partial charge is 0.350 e. The van der Waals surface area contributed by atoms with E-state index in [2.05, 4.69) is 15.3 Å². The summed E-state index contributed by atoms with van der Waals surface area (Å²) in [6, 6.07) is 1.48. The smallest absolute Gasteiger partial charge is 0.243 e. The third-order valence-corrected chi connectivity index (χ3v) is 3.48. The maximum atomic E-state index is 12.4. The molecule has 2 aromatic rings. The predicted octanol–water partition coefficient (Wildman–Crippen LogP) is 2.95. The maximum absolute atomic E-state index is 12.4. The molecule has 0 aromatic carbocycles. The number of imidazole rings is 1. The third kappa shape index (κ3) is 3.18. The molecule has 1 unspecified atom stereocenters. The minimum Gasteiger partial charge on any atom is -0.350 e. The molecule has 6 heteroatoms. The van der Waals surface area contributed by atoms with E-state index in [0.717, 1.165) is 11.1 Å². The van der Waals surface area contributed by atoms with Crippen molar-refractivity contribution in [2.24, 2.45) is 0 Å². The van der Waals surface area contributed by atoms with Gasteiger partial charge in [0.2, 0.25) is 5.91 Å². The lowest BCUT2D eigenvalue weighted by molar-refractivity contribution is -0.125. The Morgan fingerprint density at radius 1 is 1.48 bits per heavy atom. The fourth-order valence-electron chi connectivity index (χ4n) is 2.25. The highest BCUT2D eigenvalue weighted by molar-refractivity contribution is 6.16. The lowest BCUT2D eigenvalue weighted by Crippen LogP contribution is -2.44. The molecule has 0 aliphatic heterocycles. The van der Waals surface area contributed by atoms with Crippen LogP contribution in [0.2, 0.25) is 0 Å². The minimum absolute atomic E-state index is 0.0727. The van der Waals surface area contributed by atoms with Crippen molar-refractivity contribution in [3.63, 3.8) is 0 Å². The second-order valence-electron chi connectivity index (χ2n) is 6.25. The molecule has 0 spiro atoms. The zero-order valence-corrected chi connectivity index (χ0v) is 13.8. The van der Waals surface area contributed by atoms with Crippen LogP contribution in [0.1, 0.15) is 45.1 Å². The maximum Gasteiger partial charge on any atom is 0.243 e. The lowest BCUT2D eigenvalue weighted by Gasteiger charge is -2.24. The normalized spacial score (nSPS) is 13.4. The number of amides is 1. The van der Waals surface area contributed by atoms with Crippen molar-refractivity contribution in [3.05, 3.63) is 23.7 Å². The van der Waals surface area contributed by atoms with E-state index in [-0.39, 0.29) is 17.3 Å². The first-order valence-electron chi connectivity index (χ1n) is 6.95. The number of carbonyl (C=O) groups excluding carboxylic acids is 1. The zero-order valence-electron chi connectivity index (χ0n) is 13.1. The highest BCUT2D eigenvalue weighted by Gasteiger charge is 2.25. The van der Waals surface area contributed by atoms with Gasteiger partial charge in [-0.3, -0.25) is 9.36 Å². The van der Waals surface area contributed by atoms with Crippen molar-refractivity contribution in [2.75, 3.05) is 0 Å². The number of fused-ring (bicyclic) bond motifs is 1. The van der Waals surface area contributed by atoms with Crippen molar-refractivity contribution >= 4 is 28.7 Å². The fourth-order valence-corrected chi connectivity index (χ4v) is 2.44. The Labute approximate surface area is 129 Å². The second-order valence-corrected chi connectivity index (χ2v) is 6.51. The Morgan fingerprint density at radius 2 is 2.14 bits per heavy atom. The van der Waals surface area contributed by atoms with E-state index in [1.165, 1.54) is 0 Å². The number of aromatic nitrogens is 3. The van der Waals surface area contributed by atoms with Gasteiger partial charge in [0.25, 0.3) is 0 Å². The molecular formula is C15H21ClN4O. The Bertz CT molecular complexity index is 672. The quantitative estimate of drug-likeness (QED) is 0.887. The van der Waals surface area contributed by atoms with Gasteiger partial charge in [0, 0.05) is 11.7 Å². The number of carbonyl (C=O) groups is 1. The third-order valence-electron chi connectivity index (χ3n) is 3.24. The first-order chi connectivity index (χ1) is 9.74. The van der Waals surface area contributed by atoms with Crippen molar-refractivity contribution in [2.45, 2.75) is 52.1 Å². The molecule has 114 valence electrons. The number of alkyl halides is 1. The number of rotatable bonds is 3. The standard InChI is InChI=1S/C15H21ClN4O/c1-9-6-7-17-13-12(9)18-11(8-16)20(13)10(2)14(21)19-15(3,4)5/h6-7,10H,8H2,1-5H3,(H,19,21). The van der Waals surface area contributed by atoms with Gasteiger partial charge in [-0.15, -0.1) is 11.6 Å². The van der Waals surface area contributed by atoms with Gasteiger partial charge in [-0.05, 0) is 46.2 Å². The summed E-state index contributed by atoms with van der Waals surface area (Å²) in [6.07, 6.45) is 1.72. The Morgan fingerprint density at radius 3 is 2.71 bits per heavy atom. The number of nitrogens with one attached hydrogen (secondary N) is 1. The van der Waals surface area contributed by atoms with Crippen LogP contribution in [-0.2, 0) is 10.7 Å². The summed E-state index contributed by atoms with van der Waals surface area (Å²) in [5, 5.41) is 2.98. The summed E-state index contributed by atoms with van der Waals surface area (Å²) >= 11 is 5.99. The first kappa shape index (κ1) is 15.8. The average molecular weight is 309 g/mol. The van der Waals surface area contributed by atoms with Crippen molar-refractivity contribution < 1.29 is 4.79 Å². The number of halogens is 1. The van der Waals surface area contributed by atoms with Crippen molar-refractivity contribution in [1.29, 1.82) is 0 Å². The Kier molecular flexibility index (Phi) is 4.23. The van der Waals surface area contributed by atoms with Gasteiger partial charge < -0.3 is 5.32 Å². The molecule has 2 aromatic heterocycles. The highest BCUT2D eigenvalue weighted by atomic mass is 35.5. The molecule has 0 saturated carbocycles. The number of pyridine rings is 1. The van der Waals surface area contributed by atoms with Crippen LogP contribution in [0.25, 0.3) is 11.2 Å². The molecule has 2 rings (SSSR count). The van der Waals surface area contributed by atoms with Gasteiger partial charge in [0.05, 0.1) is 5.88 Å². The van der Waals surface area contributed by atoms with Gasteiger partial charge in [0.15, 0.2) is 5.65 Å². The molecule has 0 bridgehead atoms. The van der Waals surface area contributed by atoms with E-state index in [9.17, 15) is 4.79 Å². The summed E-state index contributed by atoms with van der Waals surface area (Å²) in [5.74, 6) is 0.824. The molecular weight excluding hydrogens is 288 g/mol. The first-order valence-corrected chi connectivity index (χ1v) is 7.48. The fraction of sp³-hybridized carbons (Fsp3) is 0.533. The van der Waals surface area contributed by atoms with E-state index in [0.29, 0.717) is 11.5 Å². The van der Waals surface area contributed by atoms with Crippen LogP contribution >= 0.6 is 11.6 Å². The molecule has 5 nitrogen and oxygen atoms in total. The summed E-state index contributed by atoms with van der Waals surface area (Å²) in [5.41, 5.74) is 2.23. The summed E-state index contributed by atoms with van der Waals surface area (Å²) in [4.78, 5) is 21.3. The van der Waals surface area contributed by atoms with Crippen LogP contribution in [-0.4, -0.2) is 26.0 Å². The summed E-state index contributed by atoms with van der Waals surface area (Å²) < 4.78 is 1.82. The van der Waals surface area contributed by atoms with E-state index < -0.39 is 6.04 Å². The Balaban J connectivity index is 2.50. The topological polar surface area (TPSA) is 59.8 Å². The van der Waals surface area contributed by atoms with Gasteiger partial charge >= 0.3 is 0 Å². The molecule has 0 fully saturated rings. The molecule has 21 heavy (non-hydrogen) atoms. The van der Waals surface area contributed by atoms with Gasteiger partial charge in [-0.2, -0.15) is 0 Å². The minimum atomic E-state index is -0.419. The van der Waals surface area contributed by atoms with Crippen LogP contribution < -0.4 is 5.32 Å². The van der Waals surface area contributed by atoms with Crippen LogP contribution in [0.4, 0.5) is 0 Å². The van der Waals surface area contributed by atoms with Gasteiger partial charge in [-0.1, -0.05) is 0 Å². The van der Waals surface area contributed by atoms with Crippen LogP contribution in [0, 0.1) is 6.92 Å². The number of nitrogens with zero attached hydrogens (tertiary/aromatic N) is 3. The number of hydrogen-bond acceptors (Lipinski definition) is 3. The van der Waals surface area contributed by atoms with Gasteiger partial charge in [-0.25, -0.2) is 9.97 Å². The number of aryl methyl sites for hydroxylation is 1. The highest BCUT2D eigenvalue weighted by Crippen LogP contribution is 2.23. The molecule has 0 aliphatic rings. The summed E-state index contributed by atoms with van der Waals surface area (Å²) in [7, 11) is 0. The number of hydrogen-bond donors (Lipinski definition) is 1. The van der Waals surface area contributed by atoms with Crippen molar-refractivity contribution in [3.8, 4) is 0 Å². The molecule has 1 amide bonds. The molecule has 0 aliphatic carbocycles. The SMILES string of the molecule is Cc1ccnc2c1nc(CCl)n2C(C)C(=O)NC(C)(C)C. The second kappa shape index (κ2) is 5.64. The lowest BCUT2D eigenvalue weighted by atomic mass is 10.1. The van der Waals surface area contributed by atoms with Crippen molar-refractivity contribution in [1.82, 2.24) is 19.9 Å². The van der Waals surface area contributed by atoms with Crippen LogP contribution in [0.5, 0.6) is 0 Å². The molecule has 2 heterocycles. The van der Waals surface area contributed by atoms with Crippen LogP contribution in [0.15, 0.2) is 12.3 Å². The van der Waals surface area contributed by atoms with Gasteiger partial charge in [0.1, 0.15) is 17.4 Å². The van der Waals surface area contributed by atoms with Crippen LogP contribution in [0.3, 0.4) is 0 Å². The average Bonchev–Trinajstić information content (AvgIpc) is 2.75. The molecule has 0 radical (unpaired) electrons. The Hall–Kier alpha value is -1.62. The molecule has 1 N–H and O–H groups in total. The summed E-state index contributed by atoms with van der Waals surface area (Å²) in [6.45, 7) is 9.67. The predicted molar refractivity (Wildman–Crippen MR) is 84.4 cm³/mol. The van der Waals surface area contributed by atoms with E-state index in [4.69, 9.17) is 11.6 Å². The monoisotopic (exact) mass is 308 g/mol. The molecule has 0 saturated heterocycles. The molecule has 1 atom stereocenters.